The first-order valence-corrected chi connectivity index (χ1v) is 4.12. The number of likely N-dealkylation sites (tertiary alicyclic amines) is 1. The van der Waals surface area contributed by atoms with Gasteiger partial charge in [-0.1, -0.05) is 20.8 Å². The van der Waals surface area contributed by atoms with Crippen LogP contribution in [0.15, 0.2) is 0 Å². The Balaban J connectivity index is 0.000000461. The van der Waals surface area contributed by atoms with Gasteiger partial charge in [0.1, 0.15) is 0 Å². The number of aliphatic carboxylic acids is 1. The third-order valence-corrected chi connectivity index (χ3v) is 1.50. The SMILES string of the molecule is CC.CC1CN(CC(=O)O)C1. The first kappa shape index (κ1) is 10.4. The highest BCUT2D eigenvalue weighted by atomic mass is 16.4. The van der Waals surface area contributed by atoms with Crippen LogP contribution in [0.1, 0.15) is 20.8 Å². The lowest BCUT2D eigenvalue weighted by atomic mass is 10.0. The Morgan fingerprint density at radius 2 is 2.00 bits per heavy atom. The maximum absolute atomic E-state index is 10.1. The van der Waals surface area contributed by atoms with Crippen LogP contribution in [-0.4, -0.2) is 35.6 Å². The number of carbonyl (C=O) groups is 1. The first-order chi connectivity index (χ1) is 5.18. The van der Waals surface area contributed by atoms with Gasteiger partial charge >= 0.3 is 5.97 Å². The molecule has 0 saturated carbocycles. The molecule has 1 aliphatic heterocycles. The summed E-state index contributed by atoms with van der Waals surface area (Å²) in [4.78, 5) is 12.0. The van der Waals surface area contributed by atoms with E-state index in [9.17, 15) is 4.79 Å². The zero-order valence-electron chi connectivity index (χ0n) is 7.50. The average molecular weight is 159 g/mol. The van der Waals surface area contributed by atoms with Crippen molar-refractivity contribution in [3.8, 4) is 0 Å². The van der Waals surface area contributed by atoms with E-state index in [1.165, 1.54) is 0 Å². The van der Waals surface area contributed by atoms with Crippen LogP contribution >= 0.6 is 0 Å². The standard InChI is InChI=1S/C6H11NO2.C2H6/c1-5-2-7(3-5)4-6(8)9;1-2/h5H,2-4H2,1H3,(H,8,9);1-2H3. The van der Waals surface area contributed by atoms with Gasteiger partial charge in [-0.15, -0.1) is 0 Å². The summed E-state index contributed by atoms with van der Waals surface area (Å²) < 4.78 is 0. The summed E-state index contributed by atoms with van der Waals surface area (Å²) in [7, 11) is 0. The van der Waals surface area contributed by atoms with Gasteiger partial charge in [0.05, 0.1) is 6.54 Å². The highest BCUT2D eigenvalue weighted by molar-refractivity contribution is 5.69. The van der Waals surface area contributed by atoms with Crippen molar-refractivity contribution in [2.75, 3.05) is 19.6 Å². The molecule has 0 aromatic heterocycles. The Hall–Kier alpha value is -0.570. The van der Waals surface area contributed by atoms with Crippen LogP contribution < -0.4 is 0 Å². The lowest BCUT2D eigenvalue weighted by Gasteiger charge is -2.35. The summed E-state index contributed by atoms with van der Waals surface area (Å²) in [6, 6.07) is 0. The third kappa shape index (κ3) is 3.98. The summed E-state index contributed by atoms with van der Waals surface area (Å²) >= 11 is 0. The maximum atomic E-state index is 10.1. The second-order valence-corrected chi connectivity index (χ2v) is 2.69. The van der Waals surface area contributed by atoms with E-state index in [2.05, 4.69) is 6.92 Å². The number of rotatable bonds is 2. The molecule has 3 nitrogen and oxygen atoms in total. The van der Waals surface area contributed by atoms with Crippen LogP contribution in [0.4, 0.5) is 0 Å². The largest absolute Gasteiger partial charge is 0.480 e. The van der Waals surface area contributed by atoms with Gasteiger partial charge in [-0.25, -0.2) is 0 Å². The van der Waals surface area contributed by atoms with E-state index in [1.54, 1.807) is 0 Å². The van der Waals surface area contributed by atoms with Crippen molar-refractivity contribution in [2.24, 2.45) is 5.92 Å². The number of carboxylic acid groups (broad SMARTS) is 1. The van der Waals surface area contributed by atoms with Crippen LogP contribution in [0.25, 0.3) is 0 Å². The maximum Gasteiger partial charge on any atom is 0.317 e. The molecule has 0 radical (unpaired) electrons. The van der Waals surface area contributed by atoms with Crippen LogP contribution in [0.5, 0.6) is 0 Å². The Morgan fingerprint density at radius 1 is 1.55 bits per heavy atom. The summed E-state index contributed by atoms with van der Waals surface area (Å²) in [5, 5.41) is 8.29. The normalized spacial score (nSPS) is 18.1. The van der Waals surface area contributed by atoms with E-state index < -0.39 is 5.97 Å². The Bertz CT molecular complexity index is 119. The fourth-order valence-corrected chi connectivity index (χ4v) is 1.15. The molecule has 1 saturated heterocycles. The minimum absolute atomic E-state index is 0.213. The summed E-state index contributed by atoms with van der Waals surface area (Å²) in [5.74, 6) is -0.0220. The second-order valence-electron chi connectivity index (χ2n) is 2.69. The van der Waals surface area contributed by atoms with Crippen molar-refractivity contribution in [2.45, 2.75) is 20.8 Å². The number of nitrogens with zero attached hydrogens (tertiary/aromatic N) is 1. The second kappa shape index (κ2) is 5.13. The van der Waals surface area contributed by atoms with Gasteiger partial charge in [0.2, 0.25) is 0 Å². The molecule has 0 amide bonds. The lowest BCUT2D eigenvalue weighted by molar-refractivity contribution is -0.139. The van der Waals surface area contributed by atoms with Gasteiger partial charge in [0.25, 0.3) is 0 Å². The minimum Gasteiger partial charge on any atom is -0.480 e. The fraction of sp³-hybridized carbons (Fsp3) is 0.875. The first-order valence-electron chi connectivity index (χ1n) is 4.12. The molecule has 0 spiro atoms. The molecule has 0 bridgehead atoms. The highest BCUT2D eigenvalue weighted by Gasteiger charge is 2.23. The van der Waals surface area contributed by atoms with Crippen molar-refractivity contribution in [3.63, 3.8) is 0 Å². The predicted octanol–water partition coefficient (Wildman–Crippen LogP) is 1.05. The third-order valence-electron chi connectivity index (χ3n) is 1.50. The summed E-state index contributed by atoms with van der Waals surface area (Å²) in [6.07, 6.45) is 0. The highest BCUT2D eigenvalue weighted by Crippen LogP contribution is 2.12. The van der Waals surface area contributed by atoms with Gasteiger partial charge in [-0.2, -0.15) is 0 Å². The van der Waals surface area contributed by atoms with Gasteiger partial charge in [0.15, 0.2) is 0 Å². The van der Waals surface area contributed by atoms with Crippen molar-refractivity contribution >= 4 is 5.97 Å². The molecule has 3 heteroatoms. The van der Waals surface area contributed by atoms with Crippen molar-refractivity contribution in [1.82, 2.24) is 4.90 Å². The molecule has 0 unspecified atom stereocenters. The topological polar surface area (TPSA) is 40.5 Å². The van der Waals surface area contributed by atoms with Crippen LogP contribution in [0.2, 0.25) is 0 Å². The Kier molecular flexibility index (Phi) is 4.86. The van der Waals surface area contributed by atoms with Crippen LogP contribution in [-0.2, 0) is 4.79 Å². The monoisotopic (exact) mass is 159 g/mol. The van der Waals surface area contributed by atoms with Crippen LogP contribution in [0.3, 0.4) is 0 Å². The van der Waals surface area contributed by atoms with Gasteiger partial charge in [-0.05, 0) is 5.92 Å². The van der Waals surface area contributed by atoms with Gasteiger partial charge < -0.3 is 5.11 Å². The van der Waals surface area contributed by atoms with Crippen molar-refractivity contribution in [1.29, 1.82) is 0 Å². The van der Waals surface area contributed by atoms with Crippen molar-refractivity contribution in [3.05, 3.63) is 0 Å². The van der Waals surface area contributed by atoms with E-state index in [0.717, 1.165) is 13.1 Å². The fourth-order valence-electron chi connectivity index (χ4n) is 1.15. The molecule has 0 atom stereocenters. The molecular formula is C8H17NO2. The Labute approximate surface area is 68.0 Å². The van der Waals surface area contributed by atoms with Crippen LogP contribution in [0, 0.1) is 5.92 Å². The van der Waals surface area contributed by atoms with Gasteiger partial charge in [0, 0.05) is 13.1 Å². The lowest BCUT2D eigenvalue weighted by Crippen LogP contribution is -2.47. The molecule has 66 valence electrons. The number of hydrogen-bond donors (Lipinski definition) is 1. The Morgan fingerprint density at radius 3 is 2.27 bits per heavy atom. The smallest absolute Gasteiger partial charge is 0.317 e. The predicted molar refractivity (Wildman–Crippen MR) is 44.6 cm³/mol. The molecule has 1 fully saturated rings. The van der Waals surface area contributed by atoms with E-state index in [-0.39, 0.29) is 6.54 Å². The molecule has 1 aliphatic rings. The molecule has 11 heavy (non-hydrogen) atoms. The molecular weight excluding hydrogens is 142 g/mol. The van der Waals surface area contributed by atoms with E-state index >= 15 is 0 Å². The molecule has 0 aromatic carbocycles. The van der Waals surface area contributed by atoms with E-state index in [0.29, 0.717) is 5.92 Å². The zero-order valence-corrected chi connectivity index (χ0v) is 7.50. The van der Waals surface area contributed by atoms with Gasteiger partial charge in [-0.3, -0.25) is 9.69 Å². The van der Waals surface area contributed by atoms with E-state index in [4.69, 9.17) is 5.11 Å². The number of carboxylic acids is 1. The minimum atomic E-state index is -0.720. The molecule has 0 aromatic rings. The average Bonchev–Trinajstić information content (AvgIpc) is 1.88. The molecule has 1 N–H and O–H groups in total. The molecule has 1 heterocycles. The molecule has 0 aliphatic carbocycles. The number of hydrogen-bond acceptors (Lipinski definition) is 2. The van der Waals surface area contributed by atoms with E-state index in [1.807, 2.05) is 18.7 Å². The quantitative estimate of drug-likeness (QED) is 0.654. The summed E-state index contributed by atoms with van der Waals surface area (Å²) in [5.41, 5.74) is 0. The summed E-state index contributed by atoms with van der Waals surface area (Å²) in [6.45, 7) is 8.24. The molecule has 1 rings (SSSR count). The zero-order chi connectivity index (χ0) is 8.85. The van der Waals surface area contributed by atoms with Crippen molar-refractivity contribution < 1.29 is 9.90 Å².